The lowest BCUT2D eigenvalue weighted by molar-refractivity contribution is -0.117. The average molecular weight is 330 g/mol. The summed E-state index contributed by atoms with van der Waals surface area (Å²) in [5, 5.41) is 4.62. The minimum absolute atomic E-state index is 0.188. The lowest BCUT2D eigenvalue weighted by atomic mass is 10.0. The van der Waals surface area contributed by atoms with Crippen molar-refractivity contribution in [1.82, 2.24) is 0 Å². The van der Waals surface area contributed by atoms with Crippen molar-refractivity contribution in [3.05, 3.63) is 55.6 Å². The predicted octanol–water partition coefficient (Wildman–Crippen LogP) is 4.52. The zero-order valence-electron chi connectivity index (χ0n) is 8.95. The molecule has 0 unspecified atom stereocenters. The van der Waals surface area contributed by atoms with E-state index in [1.165, 1.54) is 0 Å². The van der Waals surface area contributed by atoms with Gasteiger partial charge in [-0.25, -0.2) is 0 Å². The lowest BCUT2D eigenvalue weighted by Crippen LogP contribution is -2.06. The standard InChI is InChI=1S/C13H10BrClOS/c14-11-2-1-10(13(15)7-11)6-12(16)5-9-3-4-17-8-9/h1-4,7-8H,5-6H2. The van der Waals surface area contributed by atoms with E-state index in [2.05, 4.69) is 15.9 Å². The monoisotopic (exact) mass is 328 g/mol. The first kappa shape index (κ1) is 12.8. The first-order chi connectivity index (χ1) is 8.15. The van der Waals surface area contributed by atoms with Crippen LogP contribution < -0.4 is 0 Å². The van der Waals surface area contributed by atoms with E-state index in [1.54, 1.807) is 11.3 Å². The normalized spacial score (nSPS) is 10.5. The number of benzene rings is 1. The van der Waals surface area contributed by atoms with Crippen molar-refractivity contribution in [3.8, 4) is 0 Å². The smallest absolute Gasteiger partial charge is 0.141 e. The molecule has 0 aliphatic carbocycles. The number of carbonyl (C=O) groups excluding carboxylic acids is 1. The molecule has 1 heterocycles. The zero-order chi connectivity index (χ0) is 12.3. The van der Waals surface area contributed by atoms with Gasteiger partial charge < -0.3 is 0 Å². The summed E-state index contributed by atoms with van der Waals surface area (Å²) in [5.74, 6) is 0.188. The fourth-order valence-corrected chi connectivity index (χ4v) is 2.97. The molecule has 0 atom stereocenters. The van der Waals surface area contributed by atoms with Gasteiger partial charge in [0.15, 0.2) is 0 Å². The number of Topliss-reactive ketones (excluding diaryl/α,β-unsaturated/α-hetero) is 1. The second kappa shape index (κ2) is 5.80. The molecule has 0 spiro atoms. The summed E-state index contributed by atoms with van der Waals surface area (Å²) in [5.41, 5.74) is 1.96. The van der Waals surface area contributed by atoms with Crippen molar-refractivity contribution in [2.24, 2.45) is 0 Å². The molecule has 2 rings (SSSR count). The Kier molecular flexibility index (Phi) is 4.37. The highest BCUT2D eigenvalue weighted by atomic mass is 79.9. The molecular weight excluding hydrogens is 320 g/mol. The van der Waals surface area contributed by atoms with Gasteiger partial charge in [-0.3, -0.25) is 4.79 Å². The summed E-state index contributed by atoms with van der Waals surface area (Å²) in [6, 6.07) is 7.58. The van der Waals surface area contributed by atoms with Crippen LogP contribution in [-0.4, -0.2) is 5.78 Å². The van der Waals surface area contributed by atoms with Gasteiger partial charge in [0, 0.05) is 22.3 Å². The highest BCUT2D eigenvalue weighted by Crippen LogP contribution is 2.22. The molecule has 0 saturated heterocycles. The molecule has 0 saturated carbocycles. The van der Waals surface area contributed by atoms with Gasteiger partial charge in [0.05, 0.1) is 0 Å². The van der Waals surface area contributed by atoms with Crippen LogP contribution in [0.15, 0.2) is 39.5 Å². The van der Waals surface area contributed by atoms with Gasteiger partial charge in [0.25, 0.3) is 0 Å². The summed E-state index contributed by atoms with van der Waals surface area (Å²) < 4.78 is 0.927. The van der Waals surface area contributed by atoms with E-state index in [1.807, 2.05) is 35.0 Å². The fraction of sp³-hybridized carbons (Fsp3) is 0.154. The largest absolute Gasteiger partial charge is 0.299 e. The molecule has 2 aromatic rings. The van der Waals surface area contributed by atoms with Crippen molar-refractivity contribution >= 4 is 44.7 Å². The molecule has 0 amide bonds. The maximum atomic E-state index is 11.9. The average Bonchev–Trinajstić information content (AvgIpc) is 2.75. The van der Waals surface area contributed by atoms with Crippen molar-refractivity contribution in [2.45, 2.75) is 12.8 Å². The van der Waals surface area contributed by atoms with E-state index in [4.69, 9.17) is 11.6 Å². The predicted molar refractivity (Wildman–Crippen MR) is 75.9 cm³/mol. The maximum Gasteiger partial charge on any atom is 0.141 e. The van der Waals surface area contributed by atoms with Crippen molar-refractivity contribution < 1.29 is 4.79 Å². The summed E-state index contributed by atoms with van der Waals surface area (Å²) in [6.45, 7) is 0. The van der Waals surface area contributed by atoms with Crippen LogP contribution >= 0.6 is 38.9 Å². The van der Waals surface area contributed by atoms with Gasteiger partial charge in [0.1, 0.15) is 5.78 Å². The molecule has 1 aromatic heterocycles. The third-order valence-electron chi connectivity index (χ3n) is 2.38. The van der Waals surface area contributed by atoms with Crippen LogP contribution in [0.1, 0.15) is 11.1 Å². The van der Waals surface area contributed by atoms with Crippen LogP contribution in [0.25, 0.3) is 0 Å². The summed E-state index contributed by atoms with van der Waals surface area (Å²) in [6.07, 6.45) is 0.873. The van der Waals surface area contributed by atoms with Gasteiger partial charge >= 0.3 is 0 Å². The van der Waals surface area contributed by atoms with Gasteiger partial charge in [-0.15, -0.1) is 0 Å². The number of hydrogen-bond donors (Lipinski definition) is 0. The van der Waals surface area contributed by atoms with Crippen molar-refractivity contribution in [3.63, 3.8) is 0 Å². The Morgan fingerprint density at radius 1 is 1.29 bits per heavy atom. The van der Waals surface area contributed by atoms with Crippen LogP contribution in [-0.2, 0) is 17.6 Å². The van der Waals surface area contributed by atoms with E-state index >= 15 is 0 Å². The first-order valence-electron chi connectivity index (χ1n) is 5.12. The molecule has 1 nitrogen and oxygen atoms in total. The van der Waals surface area contributed by atoms with Gasteiger partial charge in [-0.2, -0.15) is 11.3 Å². The molecule has 4 heteroatoms. The number of thiophene rings is 1. The first-order valence-corrected chi connectivity index (χ1v) is 7.23. The Balaban J connectivity index is 2.03. The third-order valence-corrected chi connectivity index (χ3v) is 3.96. The quantitative estimate of drug-likeness (QED) is 0.806. The van der Waals surface area contributed by atoms with E-state index in [0.717, 1.165) is 15.6 Å². The number of rotatable bonds is 4. The van der Waals surface area contributed by atoms with E-state index in [-0.39, 0.29) is 5.78 Å². The number of ketones is 1. The third kappa shape index (κ3) is 3.66. The Hall–Kier alpha value is -0.640. The van der Waals surface area contributed by atoms with Crippen molar-refractivity contribution in [1.29, 1.82) is 0 Å². The number of hydrogen-bond acceptors (Lipinski definition) is 2. The Morgan fingerprint density at radius 3 is 2.76 bits per heavy atom. The molecule has 0 aliphatic heterocycles. The Bertz CT molecular complexity index is 522. The zero-order valence-corrected chi connectivity index (χ0v) is 12.1. The molecule has 0 N–H and O–H groups in total. The highest BCUT2D eigenvalue weighted by Gasteiger charge is 2.08. The second-order valence-corrected chi connectivity index (χ2v) is 5.86. The van der Waals surface area contributed by atoms with Crippen LogP contribution in [0.4, 0.5) is 0 Å². The molecule has 0 bridgehead atoms. The highest BCUT2D eigenvalue weighted by molar-refractivity contribution is 9.10. The van der Waals surface area contributed by atoms with Crippen LogP contribution in [0, 0.1) is 0 Å². The lowest BCUT2D eigenvalue weighted by Gasteiger charge is -2.03. The van der Waals surface area contributed by atoms with Gasteiger partial charge in [0.2, 0.25) is 0 Å². The SMILES string of the molecule is O=C(Cc1ccsc1)Cc1ccc(Br)cc1Cl. The molecule has 17 heavy (non-hydrogen) atoms. The number of halogens is 2. The van der Waals surface area contributed by atoms with Gasteiger partial charge in [-0.05, 0) is 40.1 Å². The van der Waals surface area contributed by atoms with E-state index < -0.39 is 0 Å². The second-order valence-electron chi connectivity index (χ2n) is 3.76. The molecule has 0 radical (unpaired) electrons. The minimum Gasteiger partial charge on any atom is -0.299 e. The molecule has 88 valence electrons. The maximum absolute atomic E-state index is 11.9. The fourth-order valence-electron chi connectivity index (χ4n) is 1.56. The molecule has 0 aliphatic rings. The summed E-state index contributed by atoms with van der Waals surface area (Å²) >= 11 is 11.0. The van der Waals surface area contributed by atoms with E-state index in [0.29, 0.717) is 17.9 Å². The van der Waals surface area contributed by atoms with E-state index in [9.17, 15) is 4.79 Å². The molecule has 1 aromatic carbocycles. The number of carbonyl (C=O) groups is 1. The Morgan fingerprint density at radius 2 is 2.12 bits per heavy atom. The van der Waals surface area contributed by atoms with Crippen LogP contribution in [0.3, 0.4) is 0 Å². The van der Waals surface area contributed by atoms with Crippen LogP contribution in [0.5, 0.6) is 0 Å². The van der Waals surface area contributed by atoms with Gasteiger partial charge in [-0.1, -0.05) is 33.6 Å². The van der Waals surface area contributed by atoms with Crippen LogP contribution in [0.2, 0.25) is 5.02 Å². The summed E-state index contributed by atoms with van der Waals surface area (Å²) in [4.78, 5) is 11.9. The summed E-state index contributed by atoms with van der Waals surface area (Å²) in [7, 11) is 0. The Labute approximate surface area is 118 Å². The van der Waals surface area contributed by atoms with Crippen molar-refractivity contribution in [2.75, 3.05) is 0 Å². The molecule has 0 fully saturated rings. The topological polar surface area (TPSA) is 17.1 Å². The minimum atomic E-state index is 0.188. The molecular formula is C13H10BrClOS.